The highest BCUT2D eigenvalue weighted by atomic mass is 15.2. The largest absolute Gasteiger partial charge is 0.311 e. The van der Waals surface area contributed by atoms with Crippen molar-refractivity contribution in [2.45, 2.75) is 0 Å². The topological polar surface area (TPSA) is 9.72 Å². The van der Waals surface area contributed by atoms with Crippen LogP contribution in [0.25, 0.3) is 109 Å². The number of hydrogen-bond acceptors (Lipinski definition) is 3. The molecule has 0 aliphatic heterocycles. The quantitative estimate of drug-likeness (QED) is 0.101. The second-order valence-electron chi connectivity index (χ2n) is 24.3. The van der Waals surface area contributed by atoms with Crippen molar-refractivity contribution in [1.29, 1.82) is 0 Å². The van der Waals surface area contributed by atoms with Crippen molar-refractivity contribution >= 4 is 105 Å². The number of anilines is 9. The highest BCUT2D eigenvalue weighted by Gasteiger charge is 2.25. The molecular weight excluding hydrogens is 1150 g/mol. The molecule has 446 valence electrons. The summed E-state index contributed by atoms with van der Waals surface area (Å²) in [5, 5.41) is 12.1. The first kappa shape index (κ1) is 56.4. The van der Waals surface area contributed by atoms with Crippen LogP contribution in [0.1, 0.15) is 0 Å². The molecule has 17 aromatic rings. The Bertz CT molecular complexity index is 5480. The zero-order chi connectivity index (χ0) is 63.0. The van der Waals surface area contributed by atoms with Crippen molar-refractivity contribution in [2.75, 3.05) is 14.7 Å². The van der Waals surface area contributed by atoms with Gasteiger partial charge in [-0.05, 0) is 243 Å². The van der Waals surface area contributed by atoms with Crippen molar-refractivity contribution in [3.8, 4) is 55.6 Å². The normalized spacial score (nSPS) is 11.4. The van der Waals surface area contributed by atoms with Gasteiger partial charge in [0, 0.05) is 51.2 Å². The standard InChI is InChI=1S/C92H63N3/c1-8-26-65(27-9-1)86-63-87(66-46-54-78(55-47-66)94(73-33-14-4-15-34-73)74-35-16-5-17-36-74)91-83-58-50-68(64-44-52-77(53-45-64)93(71-29-10-2-11-30-71)72-31-12-3-13-32-72)60-88(83)89-62-70(85-61-69-28-22-23-41-80(69)81-42-24-25-43-82(81)85)51-59-84(89)92(91)90(86)67-48-56-79(57-49-67)95(75-37-18-6-19-38-75)76-39-20-7-21-40-76/h1-63H. The summed E-state index contributed by atoms with van der Waals surface area (Å²) in [5.41, 5.74) is 21.4. The average molecular weight is 1210 g/mol. The summed E-state index contributed by atoms with van der Waals surface area (Å²) in [6.07, 6.45) is 0. The summed E-state index contributed by atoms with van der Waals surface area (Å²) in [4.78, 5) is 7.02. The van der Waals surface area contributed by atoms with Crippen LogP contribution >= 0.6 is 0 Å². The van der Waals surface area contributed by atoms with E-state index in [1.54, 1.807) is 0 Å². The maximum absolute atomic E-state index is 2.49. The van der Waals surface area contributed by atoms with Crippen LogP contribution in [0.15, 0.2) is 382 Å². The first-order valence-electron chi connectivity index (χ1n) is 32.6. The molecule has 17 rings (SSSR count). The van der Waals surface area contributed by atoms with Crippen LogP contribution in [0.3, 0.4) is 0 Å². The number of para-hydroxylation sites is 6. The van der Waals surface area contributed by atoms with Gasteiger partial charge < -0.3 is 14.7 Å². The summed E-state index contributed by atoms with van der Waals surface area (Å²) >= 11 is 0. The van der Waals surface area contributed by atoms with Crippen LogP contribution in [0.4, 0.5) is 51.2 Å². The molecule has 0 fully saturated rings. The Balaban J connectivity index is 0.948. The summed E-state index contributed by atoms with van der Waals surface area (Å²) in [6, 6.07) is 140. The van der Waals surface area contributed by atoms with Crippen LogP contribution in [0.5, 0.6) is 0 Å². The van der Waals surface area contributed by atoms with Gasteiger partial charge >= 0.3 is 0 Å². The van der Waals surface area contributed by atoms with Crippen LogP contribution in [0.2, 0.25) is 0 Å². The van der Waals surface area contributed by atoms with Crippen molar-refractivity contribution in [3.05, 3.63) is 382 Å². The number of rotatable bonds is 14. The van der Waals surface area contributed by atoms with E-state index in [0.29, 0.717) is 0 Å². The third kappa shape index (κ3) is 10.5. The lowest BCUT2D eigenvalue weighted by atomic mass is 9.80. The first-order chi connectivity index (χ1) is 47.1. The third-order valence-electron chi connectivity index (χ3n) is 18.8. The monoisotopic (exact) mass is 1210 g/mol. The third-order valence-corrected chi connectivity index (χ3v) is 18.8. The Hall–Kier alpha value is -12.6. The van der Waals surface area contributed by atoms with Crippen molar-refractivity contribution < 1.29 is 0 Å². The summed E-state index contributed by atoms with van der Waals surface area (Å²) in [7, 11) is 0. The highest BCUT2D eigenvalue weighted by molar-refractivity contribution is 6.34. The molecular formula is C92H63N3. The van der Waals surface area contributed by atoms with E-state index in [1.165, 1.54) is 70.6 Å². The molecule has 0 saturated carbocycles. The van der Waals surface area contributed by atoms with E-state index in [1.807, 2.05) is 0 Å². The summed E-state index contributed by atoms with van der Waals surface area (Å²) in [5.74, 6) is 0. The Morgan fingerprint density at radius 2 is 0.474 bits per heavy atom. The van der Waals surface area contributed by atoms with E-state index < -0.39 is 0 Å². The molecule has 0 aromatic heterocycles. The Labute approximate surface area is 554 Å². The highest BCUT2D eigenvalue weighted by Crippen LogP contribution is 2.52. The molecule has 17 aromatic carbocycles. The van der Waals surface area contributed by atoms with E-state index in [2.05, 4.69) is 397 Å². The van der Waals surface area contributed by atoms with Gasteiger partial charge in [0.1, 0.15) is 0 Å². The molecule has 0 N–H and O–H groups in total. The van der Waals surface area contributed by atoms with Crippen LogP contribution in [-0.4, -0.2) is 0 Å². The van der Waals surface area contributed by atoms with Gasteiger partial charge in [-0.2, -0.15) is 0 Å². The smallest absolute Gasteiger partial charge is 0.0462 e. The Morgan fingerprint density at radius 3 is 0.937 bits per heavy atom. The van der Waals surface area contributed by atoms with Crippen molar-refractivity contribution in [3.63, 3.8) is 0 Å². The fraction of sp³-hybridized carbons (Fsp3) is 0. The first-order valence-corrected chi connectivity index (χ1v) is 32.6. The molecule has 0 amide bonds. The lowest BCUT2D eigenvalue weighted by Crippen LogP contribution is -2.09. The van der Waals surface area contributed by atoms with E-state index in [9.17, 15) is 0 Å². The van der Waals surface area contributed by atoms with E-state index in [0.717, 1.165) is 90.1 Å². The molecule has 95 heavy (non-hydrogen) atoms. The van der Waals surface area contributed by atoms with Gasteiger partial charge in [0.25, 0.3) is 0 Å². The fourth-order valence-electron chi connectivity index (χ4n) is 14.4. The molecule has 0 bridgehead atoms. The van der Waals surface area contributed by atoms with Gasteiger partial charge in [0.2, 0.25) is 0 Å². The summed E-state index contributed by atoms with van der Waals surface area (Å²) < 4.78 is 0. The Kier molecular flexibility index (Phi) is 14.6. The number of fused-ring (bicyclic) bond motifs is 9. The maximum Gasteiger partial charge on any atom is 0.0462 e. The zero-order valence-electron chi connectivity index (χ0n) is 52.2. The number of hydrogen-bond donors (Lipinski definition) is 0. The molecule has 0 aliphatic carbocycles. The zero-order valence-corrected chi connectivity index (χ0v) is 52.2. The molecule has 3 heteroatoms. The van der Waals surface area contributed by atoms with Crippen molar-refractivity contribution in [2.24, 2.45) is 0 Å². The molecule has 0 atom stereocenters. The van der Waals surface area contributed by atoms with Gasteiger partial charge in [-0.25, -0.2) is 0 Å². The maximum atomic E-state index is 2.49. The summed E-state index contributed by atoms with van der Waals surface area (Å²) in [6.45, 7) is 0. The van der Waals surface area contributed by atoms with Gasteiger partial charge in [0.05, 0.1) is 0 Å². The molecule has 0 radical (unpaired) electrons. The lowest BCUT2D eigenvalue weighted by Gasteiger charge is -2.27. The molecule has 3 nitrogen and oxygen atoms in total. The van der Waals surface area contributed by atoms with Crippen LogP contribution in [-0.2, 0) is 0 Å². The second kappa shape index (κ2) is 24.6. The Morgan fingerprint density at radius 1 is 0.147 bits per heavy atom. The predicted octanol–water partition coefficient (Wildman–Crippen LogP) is 26.2. The SMILES string of the molecule is c1ccc(-c2cc(-c3ccc(N(c4ccccc4)c4ccccc4)cc3)c3c4ccc(-c5ccc(N(c6ccccc6)c6ccccc6)cc5)cc4c4cc(-c5cc6ccccc6c6ccccc56)ccc4c3c2-c2ccc(N(c3ccccc3)c3ccccc3)cc2)cc1. The molecule has 0 saturated heterocycles. The second-order valence-corrected chi connectivity index (χ2v) is 24.3. The predicted molar refractivity (Wildman–Crippen MR) is 405 cm³/mol. The minimum absolute atomic E-state index is 1.07. The number of nitrogens with zero attached hydrogens (tertiary/aromatic N) is 3. The molecule has 0 aliphatic rings. The van der Waals surface area contributed by atoms with Gasteiger partial charge in [-0.3, -0.25) is 0 Å². The van der Waals surface area contributed by atoms with Crippen LogP contribution in [0, 0.1) is 0 Å². The minimum Gasteiger partial charge on any atom is -0.311 e. The number of benzene rings is 17. The minimum atomic E-state index is 1.07. The van der Waals surface area contributed by atoms with E-state index >= 15 is 0 Å². The van der Waals surface area contributed by atoms with Gasteiger partial charge in [0.15, 0.2) is 0 Å². The molecule has 0 unspecified atom stereocenters. The van der Waals surface area contributed by atoms with Crippen molar-refractivity contribution in [1.82, 2.24) is 0 Å². The average Bonchev–Trinajstić information content (AvgIpc) is 0.707. The van der Waals surface area contributed by atoms with Gasteiger partial charge in [-0.15, -0.1) is 0 Å². The lowest BCUT2D eigenvalue weighted by molar-refractivity contribution is 1.28. The van der Waals surface area contributed by atoms with E-state index in [-0.39, 0.29) is 0 Å². The fourth-order valence-corrected chi connectivity index (χ4v) is 14.4. The van der Waals surface area contributed by atoms with E-state index in [4.69, 9.17) is 0 Å². The van der Waals surface area contributed by atoms with Gasteiger partial charge in [-0.1, -0.05) is 249 Å². The van der Waals surface area contributed by atoms with Crippen LogP contribution < -0.4 is 14.7 Å². The molecule has 0 spiro atoms. The molecule has 0 heterocycles.